The van der Waals surface area contributed by atoms with Crippen molar-refractivity contribution in [2.24, 2.45) is 0 Å². The van der Waals surface area contributed by atoms with Gasteiger partial charge in [-0.15, -0.1) is 0 Å². The Balaban J connectivity index is 1.42. The summed E-state index contributed by atoms with van der Waals surface area (Å²) in [6, 6.07) is 14.1. The molecule has 1 aliphatic heterocycles. The van der Waals surface area contributed by atoms with E-state index in [1.165, 1.54) is 16.8 Å². The van der Waals surface area contributed by atoms with Crippen LogP contribution in [0.15, 0.2) is 61.1 Å². The molecule has 0 unspecified atom stereocenters. The molecule has 0 atom stereocenters. The first-order valence-corrected chi connectivity index (χ1v) is 9.60. The van der Waals surface area contributed by atoms with Gasteiger partial charge < -0.3 is 9.80 Å². The second kappa shape index (κ2) is 7.80. The Morgan fingerprint density at radius 3 is 2.46 bits per heavy atom. The normalized spacial score (nSPS) is 14.2. The van der Waals surface area contributed by atoms with Gasteiger partial charge in [-0.1, -0.05) is 12.1 Å². The Morgan fingerprint density at radius 2 is 1.79 bits per heavy atom. The van der Waals surface area contributed by atoms with Gasteiger partial charge in [0, 0.05) is 56.0 Å². The first kappa shape index (κ1) is 18.2. The monoisotopic (exact) mass is 372 g/mol. The molecule has 1 fully saturated rings. The van der Waals surface area contributed by atoms with Gasteiger partial charge in [0.25, 0.3) is 5.91 Å². The lowest BCUT2D eigenvalue weighted by molar-refractivity contribution is 0.0746. The highest BCUT2D eigenvalue weighted by Gasteiger charge is 2.23. The fourth-order valence-electron chi connectivity index (χ4n) is 3.60. The summed E-state index contributed by atoms with van der Waals surface area (Å²) in [5.41, 5.74) is 6.22. The van der Waals surface area contributed by atoms with Crippen molar-refractivity contribution in [2.75, 3.05) is 31.1 Å². The predicted molar refractivity (Wildman–Crippen MR) is 112 cm³/mol. The minimum atomic E-state index is 0.0471. The standard InChI is InChI=1S/C23H24N4O/c1-17-5-6-18(2)22(14-17)26-10-12-27(13-11-26)23(28)20-7-8-21(25-16-20)19-4-3-9-24-15-19/h3-9,14-16H,10-13H2,1-2H3. The fourth-order valence-corrected chi connectivity index (χ4v) is 3.60. The zero-order valence-corrected chi connectivity index (χ0v) is 16.3. The highest BCUT2D eigenvalue weighted by atomic mass is 16.2. The van der Waals surface area contributed by atoms with Crippen LogP contribution in [0.4, 0.5) is 5.69 Å². The van der Waals surface area contributed by atoms with Gasteiger partial charge in [-0.2, -0.15) is 0 Å². The zero-order chi connectivity index (χ0) is 19.5. The van der Waals surface area contributed by atoms with E-state index in [9.17, 15) is 4.79 Å². The summed E-state index contributed by atoms with van der Waals surface area (Å²) in [6.07, 6.45) is 5.18. The third-order valence-electron chi connectivity index (χ3n) is 5.24. The highest BCUT2D eigenvalue weighted by Crippen LogP contribution is 2.23. The number of rotatable bonds is 3. The Labute approximate surface area is 165 Å². The molecule has 2 aromatic heterocycles. The van der Waals surface area contributed by atoms with E-state index in [-0.39, 0.29) is 5.91 Å². The maximum Gasteiger partial charge on any atom is 0.255 e. The van der Waals surface area contributed by atoms with E-state index in [1.807, 2.05) is 29.2 Å². The number of benzene rings is 1. The van der Waals surface area contributed by atoms with Crippen molar-refractivity contribution in [3.8, 4) is 11.3 Å². The zero-order valence-electron chi connectivity index (χ0n) is 16.3. The molecule has 1 aliphatic rings. The lowest BCUT2D eigenvalue weighted by Crippen LogP contribution is -2.49. The second-order valence-electron chi connectivity index (χ2n) is 7.24. The molecule has 0 N–H and O–H groups in total. The molecule has 5 heteroatoms. The largest absolute Gasteiger partial charge is 0.368 e. The first-order valence-electron chi connectivity index (χ1n) is 9.60. The third kappa shape index (κ3) is 3.74. The number of piperazine rings is 1. The summed E-state index contributed by atoms with van der Waals surface area (Å²) >= 11 is 0. The van der Waals surface area contributed by atoms with Crippen LogP contribution < -0.4 is 4.90 Å². The first-order chi connectivity index (χ1) is 13.6. The number of aryl methyl sites for hydroxylation is 2. The second-order valence-corrected chi connectivity index (χ2v) is 7.24. The summed E-state index contributed by atoms with van der Waals surface area (Å²) < 4.78 is 0. The Morgan fingerprint density at radius 1 is 0.964 bits per heavy atom. The number of nitrogens with zero attached hydrogens (tertiary/aromatic N) is 4. The molecular formula is C23H24N4O. The van der Waals surface area contributed by atoms with Gasteiger partial charge in [0.2, 0.25) is 0 Å². The van der Waals surface area contributed by atoms with Crippen LogP contribution in [0.1, 0.15) is 21.5 Å². The SMILES string of the molecule is Cc1ccc(C)c(N2CCN(C(=O)c3ccc(-c4cccnc4)nc3)CC2)c1. The molecule has 4 rings (SSSR count). The van der Waals surface area contributed by atoms with Crippen LogP contribution in [0.3, 0.4) is 0 Å². The quantitative estimate of drug-likeness (QED) is 0.703. The smallest absolute Gasteiger partial charge is 0.255 e. The fraction of sp³-hybridized carbons (Fsp3) is 0.261. The van der Waals surface area contributed by atoms with Crippen LogP contribution in [-0.2, 0) is 0 Å². The van der Waals surface area contributed by atoms with Gasteiger partial charge in [0.1, 0.15) is 0 Å². The van der Waals surface area contributed by atoms with Crippen LogP contribution in [-0.4, -0.2) is 47.0 Å². The van der Waals surface area contributed by atoms with Crippen molar-refractivity contribution >= 4 is 11.6 Å². The van der Waals surface area contributed by atoms with Gasteiger partial charge in [-0.05, 0) is 55.3 Å². The van der Waals surface area contributed by atoms with Gasteiger partial charge in [0.05, 0.1) is 11.3 Å². The summed E-state index contributed by atoms with van der Waals surface area (Å²) in [7, 11) is 0. The minimum Gasteiger partial charge on any atom is -0.368 e. The number of carbonyl (C=O) groups excluding carboxylic acids is 1. The molecule has 1 amide bonds. The van der Waals surface area contributed by atoms with Crippen LogP contribution in [0.5, 0.6) is 0 Å². The van der Waals surface area contributed by atoms with Crippen LogP contribution in [0.2, 0.25) is 0 Å². The molecule has 3 aromatic rings. The molecular weight excluding hydrogens is 348 g/mol. The van der Waals surface area contributed by atoms with Crippen molar-refractivity contribution in [3.63, 3.8) is 0 Å². The van der Waals surface area contributed by atoms with E-state index in [2.05, 4.69) is 46.9 Å². The van der Waals surface area contributed by atoms with Crippen LogP contribution >= 0.6 is 0 Å². The number of carbonyl (C=O) groups is 1. The molecule has 1 saturated heterocycles. The maximum atomic E-state index is 12.9. The van der Waals surface area contributed by atoms with Crippen molar-refractivity contribution in [3.05, 3.63) is 77.7 Å². The van der Waals surface area contributed by atoms with Gasteiger partial charge >= 0.3 is 0 Å². The number of pyridine rings is 2. The lowest BCUT2D eigenvalue weighted by Gasteiger charge is -2.37. The number of anilines is 1. The van der Waals surface area contributed by atoms with E-state index in [1.54, 1.807) is 18.6 Å². The average Bonchev–Trinajstić information content (AvgIpc) is 2.76. The van der Waals surface area contributed by atoms with Crippen molar-refractivity contribution in [2.45, 2.75) is 13.8 Å². The van der Waals surface area contributed by atoms with E-state index in [4.69, 9.17) is 0 Å². The lowest BCUT2D eigenvalue weighted by atomic mass is 10.1. The molecule has 3 heterocycles. The molecule has 0 aliphatic carbocycles. The van der Waals surface area contributed by atoms with E-state index >= 15 is 0 Å². The Kier molecular flexibility index (Phi) is 5.06. The number of amides is 1. The molecule has 142 valence electrons. The topological polar surface area (TPSA) is 49.3 Å². The number of aromatic nitrogens is 2. The van der Waals surface area contributed by atoms with E-state index in [0.717, 1.165) is 37.4 Å². The van der Waals surface area contributed by atoms with Crippen molar-refractivity contribution in [1.29, 1.82) is 0 Å². The molecule has 0 radical (unpaired) electrons. The Hall–Kier alpha value is -3.21. The van der Waals surface area contributed by atoms with Gasteiger partial charge in [-0.25, -0.2) is 0 Å². The number of hydrogen-bond donors (Lipinski definition) is 0. The van der Waals surface area contributed by atoms with Gasteiger partial charge in [0.15, 0.2) is 0 Å². The molecule has 5 nitrogen and oxygen atoms in total. The number of hydrogen-bond acceptors (Lipinski definition) is 4. The summed E-state index contributed by atoms with van der Waals surface area (Å²) in [5, 5.41) is 0. The van der Waals surface area contributed by atoms with Crippen LogP contribution in [0, 0.1) is 13.8 Å². The molecule has 0 bridgehead atoms. The van der Waals surface area contributed by atoms with Crippen molar-refractivity contribution in [1.82, 2.24) is 14.9 Å². The van der Waals surface area contributed by atoms with E-state index < -0.39 is 0 Å². The predicted octanol–water partition coefficient (Wildman–Crippen LogP) is 3.72. The summed E-state index contributed by atoms with van der Waals surface area (Å²) in [5.74, 6) is 0.0471. The van der Waals surface area contributed by atoms with Crippen LogP contribution in [0.25, 0.3) is 11.3 Å². The van der Waals surface area contributed by atoms with Gasteiger partial charge in [-0.3, -0.25) is 14.8 Å². The third-order valence-corrected chi connectivity index (χ3v) is 5.24. The van der Waals surface area contributed by atoms with Crippen molar-refractivity contribution < 1.29 is 4.79 Å². The molecule has 28 heavy (non-hydrogen) atoms. The highest BCUT2D eigenvalue weighted by molar-refractivity contribution is 5.94. The maximum absolute atomic E-state index is 12.9. The molecule has 1 aromatic carbocycles. The van der Waals surface area contributed by atoms with E-state index in [0.29, 0.717) is 5.56 Å². The Bertz CT molecular complexity index is 962. The summed E-state index contributed by atoms with van der Waals surface area (Å²) in [6.45, 7) is 7.38. The average molecular weight is 372 g/mol. The summed E-state index contributed by atoms with van der Waals surface area (Å²) in [4.78, 5) is 25.7. The molecule has 0 spiro atoms. The molecule has 0 saturated carbocycles. The minimum absolute atomic E-state index is 0.0471.